The molecule has 2 aromatic rings. The third kappa shape index (κ3) is 3.45. The lowest BCUT2D eigenvalue weighted by molar-refractivity contribution is 0.623. The second-order valence-electron chi connectivity index (χ2n) is 4.66. The van der Waals surface area contributed by atoms with Gasteiger partial charge in [0.05, 0.1) is 6.04 Å². The van der Waals surface area contributed by atoms with Crippen LogP contribution in [0.4, 0.5) is 10.2 Å². The van der Waals surface area contributed by atoms with Crippen molar-refractivity contribution in [2.75, 3.05) is 5.32 Å². The van der Waals surface area contributed by atoms with Crippen LogP contribution in [-0.4, -0.2) is 9.97 Å². The van der Waals surface area contributed by atoms with Gasteiger partial charge in [0.15, 0.2) is 0 Å². The first-order valence-corrected chi connectivity index (χ1v) is 7.01. The molecule has 5 heteroatoms. The number of nitrogens with zero attached hydrogens (tertiary/aromatic N) is 2. The van der Waals surface area contributed by atoms with Crippen LogP contribution in [0.25, 0.3) is 0 Å². The van der Waals surface area contributed by atoms with Gasteiger partial charge in [0, 0.05) is 5.56 Å². The fraction of sp³-hybridized carbons (Fsp3) is 0.333. The second kappa shape index (κ2) is 6.66. The van der Waals surface area contributed by atoms with Gasteiger partial charge >= 0.3 is 0 Å². The van der Waals surface area contributed by atoms with Gasteiger partial charge in [-0.15, -0.1) is 0 Å². The summed E-state index contributed by atoms with van der Waals surface area (Å²) in [6.07, 6.45) is 3.19. The summed E-state index contributed by atoms with van der Waals surface area (Å²) in [6.45, 7) is 4.03. The zero-order valence-electron chi connectivity index (χ0n) is 11.5. The molecule has 1 aromatic carbocycles. The predicted octanol–water partition coefficient (Wildman–Crippen LogP) is 4.39. The average Bonchev–Trinajstić information content (AvgIpc) is 2.42. The van der Waals surface area contributed by atoms with Gasteiger partial charge in [-0.05, 0) is 31.0 Å². The maximum Gasteiger partial charge on any atom is 0.137 e. The highest BCUT2D eigenvalue weighted by atomic mass is 35.5. The highest BCUT2D eigenvalue weighted by molar-refractivity contribution is 6.30. The van der Waals surface area contributed by atoms with Gasteiger partial charge in [-0.1, -0.05) is 37.1 Å². The van der Waals surface area contributed by atoms with Gasteiger partial charge < -0.3 is 5.32 Å². The molecule has 1 atom stereocenters. The van der Waals surface area contributed by atoms with E-state index in [9.17, 15) is 4.39 Å². The monoisotopic (exact) mass is 293 g/mol. The Bertz CT molecular complexity index is 589. The van der Waals surface area contributed by atoms with Crippen molar-refractivity contribution in [1.29, 1.82) is 0 Å². The first kappa shape index (κ1) is 14.7. The summed E-state index contributed by atoms with van der Waals surface area (Å²) >= 11 is 6.11. The summed E-state index contributed by atoms with van der Waals surface area (Å²) in [4.78, 5) is 8.25. The Balaban J connectivity index is 2.23. The fourth-order valence-electron chi connectivity index (χ4n) is 2.05. The van der Waals surface area contributed by atoms with Crippen LogP contribution in [0.2, 0.25) is 5.15 Å². The third-order valence-electron chi connectivity index (χ3n) is 3.09. The van der Waals surface area contributed by atoms with Crippen molar-refractivity contribution in [3.63, 3.8) is 0 Å². The quantitative estimate of drug-likeness (QED) is 0.831. The van der Waals surface area contributed by atoms with E-state index < -0.39 is 0 Å². The molecule has 0 radical (unpaired) electrons. The molecule has 3 nitrogen and oxygen atoms in total. The summed E-state index contributed by atoms with van der Waals surface area (Å²) < 4.78 is 13.3. The van der Waals surface area contributed by atoms with Gasteiger partial charge in [-0.2, -0.15) is 0 Å². The largest absolute Gasteiger partial charge is 0.363 e. The number of nitrogens with one attached hydrogen (secondary N) is 1. The molecule has 106 valence electrons. The molecule has 1 aromatic heterocycles. The Hall–Kier alpha value is -1.68. The molecule has 20 heavy (non-hydrogen) atoms. The van der Waals surface area contributed by atoms with Crippen molar-refractivity contribution >= 4 is 17.4 Å². The molecule has 0 saturated heterocycles. The summed E-state index contributed by atoms with van der Waals surface area (Å²) in [5.41, 5.74) is 1.77. The van der Waals surface area contributed by atoms with E-state index in [0.29, 0.717) is 11.0 Å². The Morgan fingerprint density at radius 3 is 2.85 bits per heavy atom. The Labute approximate surface area is 123 Å². The van der Waals surface area contributed by atoms with Gasteiger partial charge in [0.25, 0.3) is 0 Å². The number of hydrogen-bond donors (Lipinski definition) is 1. The van der Waals surface area contributed by atoms with Crippen LogP contribution in [0.1, 0.15) is 37.4 Å². The number of halogens is 2. The van der Waals surface area contributed by atoms with Crippen molar-refractivity contribution in [3.8, 4) is 0 Å². The van der Waals surface area contributed by atoms with E-state index in [-0.39, 0.29) is 11.9 Å². The van der Waals surface area contributed by atoms with Crippen molar-refractivity contribution in [2.45, 2.75) is 32.7 Å². The molecule has 0 aliphatic carbocycles. The zero-order valence-corrected chi connectivity index (χ0v) is 12.3. The maximum atomic E-state index is 13.3. The molecular formula is C15H17ClFN3. The molecule has 2 rings (SSSR count). The number of anilines is 1. The zero-order chi connectivity index (χ0) is 14.5. The van der Waals surface area contributed by atoms with E-state index in [4.69, 9.17) is 11.6 Å². The molecule has 0 saturated carbocycles. The molecule has 1 heterocycles. The van der Waals surface area contributed by atoms with Crippen LogP contribution in [0.5, 0.6) is 0 Å². The maximum absolute atomic E-state index is 13.3. The lowest BCUT2D eigenvalue weighted by Gasteiger charge is -2.17. The standard InChI is InChI=1S/C15H17ClFN3/c1-3-5-13-14(16)18-9-19-15(13)20-10(2)11-6-4-7-12(17)8-11/h4,6-10H,3,5H2,1-2H3,(H,18,19,20). The highest BCUT2D eigenvalue weighted by Gasteiger charge is 2.13. The smallest absolute Gasteiger partial charge is 0.137 e. The van der Waals surface area contributed by atoms with Crippen LogP contribution in [0, 0.1) is 5.82 Å². The SMILES string of the molecule is CCCc1c(Cl)ncnc1NC(C)c1cccc(F)c1. The topological polar surface area (TPSA) is 37.8 Å². The Morgan fingerprint density at radius 1 is 1.35 bits per heavy atom. The molecule has 0 bridgehead atoms. The van der Waals surface area contributed by atoms with Crippen molar-refractivity contribution in [3.05, 3.63) is 52.7 Å². The van der Waals surface area contributed by atoms with E-state index in [1.807, 2.05) is 13.0 Å². The lowest BCUT2D eigenvalue weighted by atomic mass is 10.1. The van der Waals surface area contributed by atoms with E-state index in [0.717, 1.165) is 24.0 Å². The molecule has 1 unspecified atom stereocenters. The summed E-state index contributed by atoms with van der Waals surface area (Å²) in [6, 6.07) is 6.46. The van der Waals surface area contributed by atoms with Crippen molar-refractivity contribution in [1.82, 2.24) is 9.97 Å². The van der Waals surface area contributed by atoms with Gasteiger partial charge in [-0.3, -0.25) is 0 Å². The highest BCUT2D eigenvalue weighted by Crippen LogP contribution is 2.25. The van der Waals surface area contributed by atoms with Gasteiger partial charge in [-0.25, -0.2) is 14.4 Å². The van der Waals surface area contributed by atoms with Crippen molar-refractivity contribution in [2.24, 2.45) is 0 Å². The number of aromatic nitrogens is 2. The van der Waals surface area contributed by atoms with Crippen LogP contribution in [0.15, 0.2) is 30.6 Å². The minimum absolute atomic E-state index is 0.0627. The summed E-state index contributed by atoms with van der Waals surface area (Å²) in [7, 11) is 0. The Kier molecular flexibility index (Phi) is 4.90. The first-order valence-electron chi connectivity index (χ1n) is 6.63. The molecule has 1 N–H and O–H groups in total. The number of hydrogen-bond acceptors (Lipinski definition) is 3. The number of benzene rings is 1. The normalized spacial score (nSPS) is 12.2. The molecule has 0 aliphatic heterocycles. The Morgan fingerprint density at radius 2 is 2.15 bits per heavy atom. The minimum Gasteiger partial charge on any atom is -0.363 e. The lowest BCUT2D eigenvalue weighted by Crippen LogP contribution is -2.11. The number of rotatable bonds is 5. The van der Waals surface area contributed by atoms with E-state index in [1.165, 1.54) is 18.5 Å². The average molecular weight is 294 g/mol. The van der Waals surface area contributed by atoms with Crippen molar-refractivity contribution < 1.29 is 4.39 Å². The van der Waals surface area contributed by atoms with Crippen LogP contribution in [-0.2, 0) is 6.42 Å². The molecule has 0 amide bonds. The molecular weight excluding hydrogens is 277 g/mol. The van der Waals surface area contributed by atoms with Crippen LogP contribution >= 0.6 is 11.6 Å². The summed E-state index contributed by atoms with van der Waals surface area (Å²) in [5, 5.41) is 3.75. The predicted molar refractivity (Wildman–Crippen MR) is 79.5 cm³/mol. The van der Waals surface area contributed by atoms with Crippen LogP contribution < -0.4 is 5.32 Å². The van der Waals surface area contributed by atoms with Crippen LogP contribution in [0.3, 0.4) is 0 Å². The minimum atomic E-state index is -0.245. The van der Waals surface area contributed by atoms with E-state index in [1.54, 1.807) is 6.07 Å². The molecule has 0 spiro atoms. The van der Waals surface area contributed by atoms with Gasteiger partial charge in [0.1, 0.15) is 23.1 Å². The van der Waals surface area contributed by atoms with Gasteiger partial charge in [0.2, 0.25) is 0 Å². The molecule has 0 fully saturated rings. The molecule has 0 aliphatic rings. The third-order valence-corrected chi connectivity index (χ3v) is 3.42. The van der Waals surface area contributed by atoms with E-state index >= 15 is 0 Å². The van der Waals surface area contributed by atoms with E-state index in [2.05, 4.69) is 22.2 Å². The first-order chi connectivity index (χ1) is 9.61. The summed E-state index contributed by atoms with van der Waals surface area (Å²) in [5.74, 6) is 0.467. The second-order valence-corrected chi connectivity index (χ2v) is 5.02. The fourth-order valence-corrected chi connectivity index (χ4v) is 2.28.